The van der Waals surface area contributed by atoms with Crippen LogP contribution in [0, 0.1) is 0 Å². The van der Waals surface area contributed by atoms with E-state index in [1.165, 1.54) is 11.3 Å². The van der Waals surface area contributed by atoms with Crippen LogP contribution < -0.4 is 5.32 Å². The molecule has 0 unspecified atom stereocenters. The fourth-order valence-electron chi connectivity index (χ4n) is 2.71. The number of rotatable bonds is 5. The molecule has 0 saturated heterocycles. The Morgan fingerprint density at radius 2 is 1.69 bits per heavy atom. The Bertz CT molecular complexity index is 989. The molecule has 0 saturated carbocycles. The topological polar surface area (TPSA) is 46.9 Å². The third-order valence-corrected chi connectivity index (χ3v) is 4.78. The van der Waals surface area contributed by atoms with E-state index in [-0.39, 0.29) is 5.91 Å². The number of anilines is 1. The molecule has 1 amide bonds. The van der Waals surface area contributed by atoms with E-state index >= 15 is 0 Å². The average Bonchev–Trinajstić information content (AvgIpc) is 3.35. The molecule has 0 spiro atoms. The van der Waals surface area contributed by atoms with Crippen molar-refractivity contribution in [2.24, 2.45) is 0 Å². The van der Waals surface area contributed by atoms with Gasteiger partial charge in [-0.3, -0.25) is 4.79 Å². The quantitative estimate of drug-likeness (QED) is 0.557. The molecule has 1 N–H and O–H groups in total. The first kappa shape index (κ1) is 16.3. The lowest BCUT2D eigenvalue weighted by molar-refractivity contribution is -0.115. The van der Waals surface area contributed by atoms with E-state index in [1.807, 2.05) is 89.1 Å². The Balaban J connectivity index is 1.39. The molecule has 4 aromatic rings. The molecular formula is C21H17N3OS. The van der Waals surface area contributed by atoms with Crippen molar-refractivity contribution in [3.8, 4) is 16.9 Å². The van der Waals surface area contributed by atoms with Crippen LogP contribution in [0.4, 0.5) is 5.13 Å². The molecule has 2 aromatic carbocycles. The maximum absolute atomic E-state index is 12.3. The molecule has 4 rings (SSSR count). The van der Waals surface area contributed by atoms with Crippen molar-refractivity contribution in [1.82, 2.24) is 9.55 Å². The van der Waals surface area contributed by atoms with Crippen LogP contribution in [0.15, 0.2) is 84.5 Å². The minimum Gasteiger partial charge on any atom is -0.324 e. The third-order valence-electron chi connectivity index (χ3n) is 4.02. The normalized spacial score (nSPS) is 10.6. The van der Waals surface area contributed by atoms with Crippen LogP contribution in [0.5, 0.6) is 0 Å². The largest absolute Gasteiger partial charge is 0.324 e. The summed E-state index contributed by atoms with van der Waals surface area (Å²) in [5, 5.41) is 5.46. The van der Waals surface area contributed by atoms with Crippen molar-refractivity contribution in [2.45, 2.75) is 6.42 Å². The van der Waals surface area contributed by atoms with Gasteiger partial charge in [-0.2, -0.15) is 0 Å². The first-order valence-electron chi connectivity index (χ1n) is 8.31. The monoisotopic (exact) mass is 359 g/mol. The van der Waals surface area contributed by atoms with E-state index in [4.69, 9.17) is 0 Å². The number of aromatic nitrogens is 2. The van der Waals surface area contributed by atoms with E-state index in [0.29, 0.717) is 11.6 Å². The Hall–Kier alpha value is -3.18. The molecule has 4 nitrogen and oxygen atoms in total. The second-order valence-corrected chi connectivity index (χ2v) is 6.74. The van der Waals surface area contributed by atoms with Gasteiger partial charge in [0, 0.05) is 29.0 Å². The smallest absolute Gasteiger partial charge is 0.230 e. The summed E-state index contributed by atoms with van der Waals surface area (Å²) in [7, 11) is 0. The summed E-state index contributed by atoms with van der Waals surface area (Å²) in [5.74, 6) is -0.0623. The average molecular weight is 359 g/mol. The summed E-state index contributed by atoms with van der Waals surface area (Å²) >= 11 is 1.44. The zero-order valence-corrected chi connectivity index (χ0v) is 14.8. The summed E-state index contributed by atoms with van der Waals surface area (Å²) in [6.45, 7) is 0. The Morgan fingerprint density at radius 3 is 2.42 bits per heavy atom. The fourth-order valence-corrected chi connectivity index (χ4v) is 3.45. The number of carbonyl (C=O) groups excluding carboxylic acids is 1. The zero-order valence-electron chi connectivity index (χ0n) is 14.0. The number of benzene rings is 2. The van der Waals surface area contributed by atoms with Crippen LogP contribution in [0.3, 0.4) is 0 Å². The number of nitrogens with one attached hydrogen (secondary N) is 1. The van der Waals surface area contributed by atoms with Crippen molar-refractivity contribution in [3.63, 3.8) is 0 Å². The number of hydrogen-bond acceptors (Lipinski definition) is 3. The summed E-state index contributed by atoms with van der Waals surface area (Å²) in [6, 6.07) is 21.9. The highest BCUT2D eigenvalue weighted by atomic mass is 32.1. The number of amides is 1. The predicted octanol–water partition coefficient (Wildman–Crippen LogP) is 4.78. The number of hydrogen-bond donors (Lipinski definition) is 1. The molecule has 0 aliphatic heterocycles. The maximum Gasteiger partial charge on any atom is 0.230 e. The van der Waals surface area contributed by atoms with Gasteiger partial charge in [0.25, 0.3) is 0 Å². The van der Waals surface area contributed by atoms with Gasteiger partial charge in [0.1, 0.15) is 0 Å². The second-order valence-electron chi connectivity index (χ2n) is 5.89. The summed E-state index contributed by atoms with van der Waals surface area (Å²) < 4.78 is 2.03. The molecule has 0 aliphatic rings. The Kier molecular flexibility index (Phi) is 4.62. The van der Waals surface area contributed by atoms with Gasteiger partial charge in [0.2, 0.25) is 5.91 Å². The first-order valence-corrected chi connectivity index (χ1v) is 9.19. The van der Waals surface area contributed by atoms with Crippen molar-refractivity contribution in [1.29, 1.82) is 0 Å². The lowest BCUT2D eigenvalue weighted by Gasteiger charge is -2.05. The molecule has 2 aromatic heterocycles. The van der Waals surface area contributed by atoms with Gasteiger partial charge in [0.15, 0.2) is 5.13 Å². The summed E-state index contributed by atoms with van der Waals surface area (Å²) in [6.07, 6.45) is 4.31. The molecule has 0 bridgehead atoms. The Morgan fingerprint density at radius 1 is 0.962 bits per heavy atom. The van der Waals surface area contributed by atoms with Gasteiger partial charge in [-0.1, -0.05) is 42.5 Å². The van der Waals surface area contributed by atoms with Crippen LogP contribution in [0.2, 0.25) is 0 Å². The highest BCUT2D eigenvalue weighted by Crippen LogP contribution is 2.24. The van der Waals surface area contributed by atoms with Gasteiger partial charge in [-0.25, -0.2) is 4.98 Å². The molecule has 0 aliphatic carbocycles. The molecule has 0 fully saturated rings. The van der Waals surface area contributed by atoms with Crippen LogP contribution >= 0.6 is 11.3 Å². The van der Waals surface area contributed by atoms with E-state index in [0.717, 1.165) is 22.5 Å². The van der Waals surface area contributed by atoms with Gasteiger partial charge in [-0.15, -0.1) is 11.3 Å². The molecule has 0 radical (unpaired) electrons. The van der Waals surface area contributed by atoms with E-state index in [9.17, 15) is 4.79 Å². The minimum absolute atomic E-state index is 0.0623. The minimum atomic E-state index is -0.0623. The SMILES string of the molecule is O=C(Cc1ccc(-n2cccc2)cc1)Nc1nc(-c2ccccc2)cs1. The van der Waals surface area contributed by atoms with Gasteiger partial charge in [0.05, 0.1) is 12.1 Å². The van der Waals surface area contributed by atoms with Gasteiger partial charge < -0.3 is 9.88 Å². The van der Waals surface area contributed by atoms with Crippen molar-refractivity contribution >= 4 is 22.4 Å². The van der Waals surface area contributed by atoms with Crippen molar-refractivity contribution in [2.75, 3.05) is 5.32 Å². The lowest BCUT2D eigenvalue weighted by Crippen LogP contribution is -2.14. The van der Waals surface area contributed by atoms with Crippen LogP contribution in [-0.2, 0) is 11.2 Å². The highest BCUT2D eigenvalue weighted by molar-refractivity contribution is 7.14. The first-order chi connectivity index (χ1) is 12.8. The van der Waals surface area contributed by atoms with Crippen molar-refractivity contribution in [3.05, 3.63) is 90.1 Å². The standard InChI is InChI=1S/C21H17N3OS/c25-20(14-16-8-10-18(11-9-16)24-12-4-5-13-24)23-21-22-19(15-26-21)17-6-2-1-3-7-17/h1-13,15H,14H2,(H,22,23,25). The van der Waals surface area contributed by atoms with E-state index in [2.05, 4.69) is 10.3 Å². The summed E-state index contributed by atoms with van der Waals surface area (Å²) in [4.78, 5) is 16.8. The fraction of sp³-hybridized carbons (Fsp3) is 0.0476. The van der Waals surface area contributed by atoms with Crippen LogP contribution in [0.25, 0.3) is 16.9 Å². The summed E-state index contributed by atoms with van der Waals surface area (Å²) in [5.41, 5.74) is 3.97. The molecule has 5 heteroatoms. The van der Waals surface area contributed by atoms with Crippen LogP contribution in [0.1, 0.15) is 5.56 Å². The number of nitrogens with zero attached hydrogens (tertiary/aromatic N) is 2. The molecular weight excluding hydrogens is 342 g/mol. The molecule has 128 valence electrons. The van der Waals surface area contributed by atoms with Crippen molar-refractivity contribution < 1.29 is 4.79 Å². The second kappa shape index (κ2) is 7.37. The van der Waals surface area contributed by atoms with Gasteiger partial charge >= 0.3 is 0 Å². The third kappa shape index (κ3) is 3.73. The van der Waals surface area contributed by atoms with Gasteiger partial charge in [-0.05, 0) is 29.8 Å². The highest BCUT2D eigenvalue weighted by Gasteiger charge is 2.09. The molecule has 0 atom stereocenters. The molecule has 26 heavy (non-hydrogen) atoms. The van der Waals surface area contributed by atoms with Crippen LogP contribution in [-0.4, -0.2) is 15.5 Å². The predicted molar refractivity (Wildman–Crippen MR) is 106 cm³/mol. The Labute approximate surface area is 155 Å². The molecule has 2 heterocycles. The maximum atomic E-state index is 12.3. The van der Waals surface area contributed by atoms with E-state index < -0.39 is 0 Å². The number of thiazole rings is 1. The number of carbonyl (C=O) groups is 1. The lowest BCUT2D eigenvalue weighted by atomic mass is 10.1. The van der Waals surface area contributed by atoms with E-state index in [1.54, 1.807) is 0 Å². The zero-order chi connectivity index (χ0) is 17.8.